The van der Waals surface area contributed by atoms with Crippen molar-refractivity contribution in [2.75, 3.05) is 0 Å². The van der Waals surface area contributed by atoms with E-state index in [2.05, 4.69) is 11.8 Å². The lowest BCUT2D eigenvalue weighted by molar-refractivity contribution is -0.336. The molecule has 0 saturated heterocycles. The fourth-order valence-corrected chi connectivity index (χ4v) is 1.30. The van der Waals surface area contributed by atoms with E-state index in [0.29, 0.717) is 0 Å². The van der Waals surface area contributed by atoms with Crippen LogP contribution in [0, 0.1) is 0 Å². The first-order chi connectivity index (χ1) is 5.85. The summed E-state index contributed by atoms with van der Waals surface area (Å²) in [7, 11) is 0. The third-order valence-electron chi connectivity index (χ3n) is 2.22. The number of unbranched alkanes of at least 4 members (excludes halogenated alkanes) is 4. The Labute approximate surface area is 75.9 Å². The molecule has 1 unspecified atom stereocenters. The van der Waals surface area contributed by atoms with E-state index in [1.807, 2.05) is 6.92 Å². The van der Waals surface area contributed by atoms with Gasteiger partial charge in [0.1, 0.15) is 0 Å². The van der Waals surface area contributed by atoms with Gasteiger partial charge in [-0.05, 0) is 18.1 Å². The number of hydrogen-bond donors (Lipinski definition) is 0. The van der Waals surface area contributed by atoms with Crippen LogP contribution in [0.1, 0.15) is 58.8 Å². The topological polar surface area (TPSA) is 29.1 Å². The Bertz CT molecular complexity index is 79.9. The second-order valence-electron chi connectivity index (χ2n) is 3.33. The lowest BCUT2D eigenvalue weighted by Gasteiger charge is -2.08. The number of rotatable bonds is 8. The van der Waals surface area contributed by atoms with Gasteiger partial charge in [0.15, 0.2) is 0 Å². The smallest absolute Gasteiger partial charge is 0.0959 e. The van der Waals surface area contributed by atoms with Gasteiger partial charge in [-0.15, -0.1) is 0 Å². The maximum absolute atomic E-state index is 10.1. The predicted octanol–water partition coefficient (Wildman–Crippen LogP) is 3.49. The van der Waals surface area contributed by atoms with Gasteiger partial charge in [-0.2, -0.15) is 0 Å². The fraction of sp³-hybridized carbons (Fsp3) is 1.00. The van der Waals surface area contributed by atoms with Gasteiger partial charge in [0, 0.05) is 0 Å². The average molecular weight is 173 g/mol. The van der Waals surface area contributed by atoms with Crippen molar-refractivity contribution in [1.29, 1.82) is 0 Å². The maximum Gasteiger partial charge on any atom is 0.0959 e. The molecule has 0 amide bonds. The highest BCUT2D eigenvalue weighted by Gasteiger charge is 2.05. The molecule has 0 N–H and O–H groups in total. The van der Waals surface area contributed by atoms with Crippen LogP contribution < -0.4 is 0 Å². The average Bonchev–Trinajstić information content (AvgIpc) is 2.11. The standard InChI is InChI=1S/C10H21O2/c1-3-5-6-7-8-9-10(4-2)12-11/h10H,3-9H2,1-2H3. The Balaban J connectivity index is 3.06. The van der Waals surface area contributed by atoms with E-state index < -0.39 is 0 Å². The van der Waals surface area contributed by atoms with E-state index in [1.54, 1.807) is 0 Å². The molecule has 0 rings (SSSR count). The minimum atomic E-state index is -0.0494. The van der Waals surface area contributed by atoms with Gasteiger partial charge in [-0.3, -0.25) is 0 Å². The second-order valence-corrected chi connectivity index (χ2v) is 3.33. The highest BCUT2D eigenvalue weighted by molar-refractivity contribution is 4.53. The first kappa shape index (κ1) is 11.9. The molecule has 0 heterocycles. The summed E-state index contributed by atoms with van der Waals surface area (Å²) >= 11 is 0. The van der Waals surface area contributed by atoms with Gasteiger partial charge < -0.3 is 0 Å². The molecule has 0 aromatic rings. The van der Waals surface area contributed by atoms with Gasteiger partial charge in [-0.25, -0.2) is 4.89 Å². The van der Waals surface area contributed by atoms with E-state index in [9.17, 15) is 5.26 Å². The normalized spacial score (nSPS) is 13.2. The zero-order valence-electron chi connectivity index (χ0n) is 8.34. The Morgan fingerprint density at radius 1 is 1.08 bits per heavy atom. The third kappa shape index (κ3) is 6.62. The largest absolute Gasteiger partial charge is 0.200 e. The molecule has 73 valence electrons. The van der Waals surface area contributed by atoms with Crippen molar-refractivity contribution in [2.24, 2.45) is 0 Å². The zero-order valence-corrected chi connectivity index (χ0v) is 8.34. The summed E-state index contributed by atoms with van der Waals surface area (Å²) in [5.74, 6) is 0. The van der Waals surface area contributed by atoms with Crippen LogP contribution >= 0.6 is 0 Å². The lowest BCUT2D eigenvalue weighted by Crippen LogP contribution is -2.07. The quantitative estimate of drug-likeness (QED) is 0.314. The molecule has 1 radical (unpaired) electrons. The van der Waals surface area contributed by atoms with Crippen molar-refractivity contribution in [2.45, 2.75) is 64.9 Å². The summed E-state index contributed by atoms with van der Waals surface area (Å²) in [6.45, 7) is 4.20. The Kier molecular flexibility index (Phi) is 8.95. The van der Waals surface area contributed by atoms with Crippen LogP contribution in [-0.4, -0.2) is 6.10 Å². The van der Waals surface area contributed by atoms with Crippen LogP contribution in [0.5, 0.6) is 0 Å². The molecule has 0 bridgehead atoms. The first-order valence-electron chi connectivity index (χ1n) is 5.13. The molecule has 0 aromatic carbocycles. The van der Waals surface area contributed by atoms with E-state index in [4.69, 9.17) is 0 Å². The predicted molar refractivity (Wildman–Crippen MR) is 49.2 cm³/mol. The van der Waals surface area contributed by atoms with Gasteiger partial charge >= 0.3 is 0 Å². The van der Waals surface area contributed by atoms with E-state index in [0.717, 1.165) is 19.3 Å². The van der Waals surface area contributed by atoms with E-state index in [-0.39, 0.29) is 6.10 Å². The molecule has 0 aliphatic heterocycles. The molecular formula is C10H21O2. The van der Waals surface area contributed by atoms with Crippen LogP contribution in [0.25, 0.3) is 0 Å². The minimum absolute atomic E-state index is 0.0494. The van der Waals surface area contributed by atoms with Crippen LogP contribution in [0.3, 0.4) is 0 Å². The summed E-state index contributed by atoms with van der Waals surface area (Å²) in [4.78, 5) is 4.06. The van der Waals surface area contributed by atoms with Crippen molar-refractivity contribution in [1.82, 2.24) is 0 Å². The van der Waals surface area contributed by atoms with Gasteiger partial charge in [0.05, 0.1) is 6.10 Å². The first-order valence-corrected chi connectivity index (χ1v) is 5.13. The van der Waals surface area contributed by atoms with Crippen LogP contribution in [-0.2, 0) is 10.1 Å². The summed E-state index contributed by atoms with van der Waals surface area (Å²) in [5, 5.41) is 10.1. The van der Waals surface area contributed by atoms with Crippen LogP contribution in [0.4, 0.5) is 0 Å². The molecule has 12 heavy (non-hydrogen) atoms. The summed E-state index contributed by atoms with van der Waals surface area (Å²) in [6.07, 6.45) is 8.00. The van der Waals surface area contributed by atoms with E-state index >= 15 is 0 Å². The fourth-order valence-electron chi connectivity index (χ4n) is 1.30. The third-order valence-corrected chi connectivity index (χ3v) is 2.22. The van der Waals surface area contributed by atoms with E-state index in [1.165, 1.54) is 25.7 Å². The molecule has 0 saturated carbocycles. The van der Waals surface area contributed by atoms with Crippen LogP contribution in [0.15, 0.2) is 0 Å². The summed E-state index contributed by atoms with van der Waals surface area (Å²) < 4.78 is 0. The maximum atomic E-state index is 10.1. The highest BCUT2D eigenvalue weighted by atomic mass is 17.1. The SMILES string of the molecule is CCCCCCCC(CC)O[O]. The van der Waals surface area contributed by atoms with Crippen molar-refractivity contribution in [3.63, 3.8) is 0 Å². The Morgan fingerprint density at radius 2 is 1.75 bits per heavy atom. The lowest BCUT2D eigenvalue weighted by atomic mass is 10.1. The monoisotopic (exact) mass is 173 g/mol. The van der Waals surface area contributed by atoms with Gasteiger partial charge in [-0.1, -0.05) is 46.0 Å². The molecule has 2 heteroatoms. The number of hydrogen-bond acceptors (Lipinski definition) is 1. The molecule has 0 aliphatic rings. The van der Waals surface area contributed by atoms with Gasteiger partial charge in [0.25, 0.3) is 0 Å². The molecule has 0 aliphatic carbocycles. The van der Waals surface area contributed by atoms with Crippen molar-refractivity contribution < 1.29 is 10.1 Å². The molecule has 0 fully saturated rings. The van der Waals surface area contributed by atoms with Crippen molar-refractivity contribution in [3.05, 3.63) is 0 Å². The molecule has 1 atom stereocenters. The Morgan fingerprint density at radius 3 is 2.25 bits per heavy atom. The second kappa shape index (κ2) is 9.01. The minimum Gasteiger partial charge on any atom is -0.200 e. The Hall–Kier alpha value is -0.0800. The molecular weight excluding hydrogens is 152 g/mol. The van der Waals surface area contributed by atoms with Crippen molar-refractivity contribution in [3.8, 4) is 0 Å². The highest BCUT2D eigenvalue weighted by Crippen LogP contribution is 2.10. The van der Waals surface area contributed by atoms with Crippen LogP contribution in [0.2, 0.25) is 0 Å². The van der Waals surface area contributed by atoms with Crippen molar-refractivity contribution >= 4 is 0 Å². The van der Waals surface area contributed by atoms with Gasteiger partial charge in [0.2, 0.25) is 0 Å². The zero-order chi connectivity index (χ0) is 9.23. The molecule has 2 nitrogen and oxygen atoms in total. The molecule has 0 spiro atoms. The molecule has 0 aromatic heterocycles. The summed E-state index contributed by atoms with van der Waals surface area (Å²) in [6, 6.07) is 0. The summed E-state index contributed by atoms with van der Waals surface area (Å²) in [5.41, 5.74) is 0.